The van der Waals surface area contributed by atoms with E-state index in [2.05, 4.69) is 11.1 Å². The first-order valence-corrected chi connectivity index (χ1v) is 9.09. The maximum absolute atomic E-state index is 13.4. The number of hydrogen-bond donors (Lipinski definition) is 1. The summed E-state index contributed by atoms with van der Waals surface area (Å²) < 4.78 is 1.55. The number of rotatable bonds is 4. The molecule has 0 amide bonds. The van der Waals surface area contributed by atoms with Gasteiger partial charge >= 0.3 is 0 Å². The van der Waals surface area contributed by atoms with Crippen LogP contribution in [0.25, 0.3) is 28.1 Å². The summed E-state index contributed by atoms with van der Waals surface area (Å²) >= 11 is 0. The average molecular weight is 379 g/mol. The van der Waals surface area contributed by atoms with Gasteiger partial charge in [-0.3, -0.25) is 14.3 Å². The molecular formula is C24H17N3O2. The van der Waals surface area contributed by atoms with Gasteiger partial charge in [0.2, 0.25) is 0 Å². The molecule has 0 unspecified atom stereocenters. The Kier molecular flexibility index (Phi) is 5.02. The molecule has 0 bridgehead atoms. The Morgan fingerprint density at radius 1 is 0.966 bits per heavy atom. The maximum Gasteiger partial charge on any atom is 0.263 e. The molecule has 2 aromatic heterocycles. The van der Waals surface area contributed by atoms with Crippen LogP contribution in [0.2, 0.25) is 0 Å². The number of aliphatic hydroxyl groups is 1. The predicted octanol–water partition coefficient (Wildman–Crippen LogP) is 3.93. The highest BCUT2D eigenvalue weighted by Crippen LogP contribution is 2.26. The van der Waals surface area contributed by atoms with Crippen LogP contribution in [0.4, 0.5) is 0 Å². The molecule has 140 valence electrons. The summed E-state index contributed by atoms with van der Waals surface area (Å²) in [5.74, 6) is 0. The fourth-order valence-electron chi connectivity index (χ4n) is 3.22. The molecule has 0 saturated heterocycles. The second-order valence-electron chi connectivity index (χ2n) is 6.51. The van der Waals surface area contributed by atoms with Gasteiger partial charge in [-0.25, -0.2) is 0 Å². The van der Waals surface area contributed by atoms with E-state index in [-0.39, 0.29) is 12.2 Å². The lowest BCUT2D eigenvalue weighted by atomic mass is 9.99. The molecule has 0 aliphatic carbocycles. The Bertz CT molecular complexity index is 1250. The van der Waals surface area contributed by atoms with E-state index < -0.39 is 0 Å². The number of nitrogens with zero attached hydrogens (tertiary/aromatic N) is 3. The molecular weight excluding hydrogens is 362 g/mol. The van der Waals surface area contributed by atoms with Gasteiger partial charge in [0.15, 0.2) is 0 Å². The third kappa shape index (κ3) is 3.57. The summed E-state index contributed by atoms with van der Waals surface area (Å²) in [5.41, 5.74) is 4.13. The number of hydrogen-bond acceptors (Lipinski definition) is 4. The summed E-state index contributed by atoms with van der Waals surface area (Å²) in [6, 6.07) is 23.7. The van der Waals surface area contributed by atoms with Crippen LogP contribution in [0.5, 0.6) is 0 Å². The normalized spacial score (nSPS) is 10.5. The number of aromatic nitrogens is 2. The molecule has 1 N–H and O–H groups in total. The Morgan fingerprint density at radius 3 is 2.41 bits per heavy atom. The highest BCUT2D eigenvalue weighted by atomic mass is 16.3. The highest BCUT2D eigenvalue weighted by Gasteiger charge is 2.14. The molecule has 0 radical (unpaired) electrons. The highest BCUT2D eigenvalue weighted by molar-refractivity contribution is 5.74. The zero-order valence-electron chi connectivity index (χ0n) is 15.5. The number of benzene rings is 2. The third-order valence-electron chi connectivity index (χ3n) is 4.71. The van der Waals surface area contributed by atoms with Gasteiger partial charge in [-0.2, -0.15) is 5.26 Å². The number of aliphatic hydroxyl groups excluding tert-OH is 1. The smallest absolute Gasteiger partial charge is 0.263 e. The van der Waals surface area contributed by atoms with Crippen molar-refractivity contribution in [1.82, 2.24) is 9.55 Å². The standard InChI is InChI=1S/C24H17N3O2/c25-14-18-5-1-2-6-21(18)22-13-19(23-7-3-4-12-26-23)15-27(24(22)29)20-10-8-17(16-28)9-11-20/h1-13,15,28H,16H2. The maximum atomic E-state index is 13.4. The minimum Gasteiger partial charge on any atom is -0.392 e. The lowest BCUT2D eigenvalue weighted by molar-refractivity contribution is 0.282. The predicted molar refractivity (Wildman–Crippen MR) is 111 cm³/mol. The van der Waals surface area contributed by atoms with Crippen molar-refractivity contribution < 1.29 is 5.11 Å². The van der Waals surface area contributed by atoms with Gasteiger partial charge in [-0.15, -0.1) is 0 Å². The summed E-state index contributed by atoms with van der Waals surface area (Å²) in [7, 11) is 0. The second kappa shape index (κ2) is 7.93. The van der Waals surface area contributed by atoms with E-state index in [0.717, 1.165) is 16.8 Å². The molecule has 0 fully saturated rings. The first kappa shape index (κ1) is 18.4. The SMILES string of the molecule is N#Cc1ccccc1-c1cc(-c2ccccn2)cn(-c2ccc(CO)cc2)c1=O. The molecule has 29 heavy (non-hydrogen) atoms. The van der Waals surface area contributed by atoms with Gasteiger partial charge in [0.1, 0.15) is 0 Å². The molecule has 4 aromatic rings. The van der Waals surface area contributed by atoms with Gasteiger partial charge in [-0.05, 0) is 42.0 Å². The monoisotopic (exact) mass is 379 g/mol. The zero-order chi connectivity index (χ0) is 20.2. The molecule has 5 heteroatoms. The van der Waals surface area contributed by atoms with Crippen molar-refractivity contribution in [3.05, 3.63) is 107 Å². The van der Waals surface area contributed by atoms with Crippen LogP contribution in [-0.4, -0.2) is 14.7 Å². The first-order chi connectivity index (χ1) is 14.2. The number of nitriles is 1. The molecule has 0 aliphatic heterocycles. The fraction of sp³-hybridized carbons (Fsp3) is 0.0417. The van der Waals surface area contributed by atoms with E-state index >= 15 is 0 Å². The van der Waals surface area contributed by atoms with Crippen molar-refractivity contribution in [1.29, 1.82) is 5.26 Å². The zero-order valence-corrected chi connectivity index (χ0v) is 15.5. The van der Waals surface area contributed by atoms with Gasteiger partial charge in [0.25, 0.3) is 5.56 Å². The minimum absolute atomic E-state index is 0.0655. The third-order valence-corrected chi connectivity index (χ3v) is 4.71. The lowest BCUT2D eigenvalue weighted by Crippen LogP contribution is -2.20. The van der Waals surface area contributed by atoms with Crippen molar-refractivity contribution in [2.45, 2.75) is 6.61 Å². The van der Waals surface area contributed by atoms with E-state index in [9.17, 15) is 15.2 Å². The Hall–Kier alpha value is -4.01. The van der Waals surface area contributed by atoms with Gasteiger partial charge in [0, 0.05) is 34.8 Å². The second-order valence-corrected chi connectivity index (χ2v) is 6.51. The van der Waals surface area contributed by atoms with Crippen LogP contribution in [0.3, 0.4) is 0 Å². The fourth-order valence-corrected chi connectivity index (χ4v) is 3.22. The minimum atomic E-state index is -0.232. The van der Waals surface area contributed by atoms with Crippen molar-refractivity contribution in [2.24, 2.45) is 0 Å². The molecule has 4 rings (SSSR count). The summed E-state index contributed by atoms with van der Waals surface area (Å²) in [5, 5.41) is 18.8. The molecule has 0 saturated carbocycles. The van der Waals surface area contributed by atoms with Crippen molar-refractivity contribution >= 4 is 0 Å². The summed E-state index contributed by atoms with van der Waals surface area (Å²) in [4.78, 5) is 17.8. The number of pyridine rings is 2. The van der Waals surface area contributed by atoms with E-state index in [1.54, 1.807) is 65.5 Å². The first-order valence-electron chi connectivity index (χ1n) is 9.09. The van der Waals surface area contributed by atoms with E-state index in [4.69, 9.17) is 0 Å². The van der Waals surface area contributed by atoms with Crippen LogP contribution >= 0.6 is 0 Å². The van der Waals surface area contributed by atoms with Crippen LogP contribution in [-0.2, 0) is 6.61 Å². The molecule has 2 heterocycles. The van der Waals surface area contributed by atoms with Crippen LogP contribution < -0.4 is 5.56 Å². The Morgan fingerprint density at radius 2 is 1.72 bits per heavy atom. The largest absolute Gasteiger partial charge is 0.392 e. The van der Waals surface area contributed by atoms with E-state index in [1.165, 1.54) is 0 Å². The molecule has 0 aliphatic rings. The van der Waals surface area contributed by atoms with Crippen molar-refractivity contribution in [3.8, 4) is 34.1 Å². The molecule has 0 atom stereocenters. The molecule has 2 aromatic carbocycles. The van der Waals surface area contributed by atoms with Crippen LogP contribution in [0.15, 0.2) is 90.0 Å². The summed E-state index contributed by atoms with van der Waals surface area (Å²) in [6.07, 6.45) is 3.45. The van der Waals surface area contributed by atoms with E-state index in [0.29, 0.717) is 22.4 Å². The van der Waals surface area contributed by atoms with E-state index in [1.807, 2.05) is 24.3 Å². The molecule has 5 nitrogen and oxygen atoms in total. The van der Waals surface area contributed by atoms with Gasteiger partial charge < -0.3 is 5.11 Å². The Balaban J connectivity index is 2.00. The van der Waals surface area contributed by atoms with Crippen LogP contribution in [0, 0.1) is 11.3 Å². The topological polar surface area (TPSA) is 78.9 Å². The Labute approximate surface area is 167 Å². The lowest BCUT2D eigenvalue weighted by Gasteiger charge is -2.13. The van der Waals surface area contributed by atoms with Gasteiger partial charge in [-0.1, -0.05) is 36.4 Å². The van der Waals surface area contributed by atoms with Crippen molar-refractivity contribution in [3.63, 3.8) is 0 Å². The quantitative estimate of drug-likeness (QED) is 0.583. The summed E-state index contributed by atoms with van der Waals surface area (Å²) in [6.45, 7) is -0.0655. The average Bonchev–Trinajstić information content (AvgIpc) is 2.80. The van der Waals surface area contributed by atoms with Gasteiger partial charge in [0.05, 0.1) is 23.9 Å². The molecule has 0 spiro atoms. The van der Waals surface area contributed by atoms with Crippen molar-refractivity contribution in [2.75, 3.05) is 0 Å². The van der Waals surface area contributed by atoms with Crippen LogP contribution in [0.1, 0.15) is 11.1 Å².